The van der Waals surface area contributed by atoms with E-state index >= 15 is 0 Å². The average molecular weight is 410 g/mol. The monoisotopic (exact) mass is 409 g/mol. The number of esters is 1. The van der Waals surface area contributed by atoms with Crippen LogP contribution in [0.1, 0.15) is 32.8 Å². The van der Waals surface area contributed by atoms with Crippen molar-refractivity contribution in [1.29, 1.82) is 0 Å². The molecule has 1 heterocycles. The maximum Gasteiger partial charge on any atom is 0.307 e. The summed E-state index contributed by atoms with van der Waals surface area (Å²) in [5.41, 5.74) is 0.808. The van der Waals surface area contributed by atoms with Gasteiger partial charge in [-0.15, -0.1) is 0 Å². The summed E-state index contributed by atoms with van der Waals surface area (Å²) in [5, 5.41) is 0. The van der Waals surface area contributed by atoms with Gasteiger partial charge >= 0.3 is 5.97 Å². The van der Waals surface area contributed by atoms with Crippen LogP contribution in [0.4, 0.5) is 0 Å². The van der Waals surface area contributed by atoms with E-state index in [-0.39, 0.29) is 30.9 Å². The van der Waals surface area contributed by atoms with E-state index in [0.29, 0.717) is 27.3 Å². The van der Waals surface area contributed by atoms with Gasteiger partial charge in [0.1, 0.15) is 4.32 Å². The summed E-state index contributed by atoms with van der Waals surface area (Å²) >= 11 is 6.48. The van der Waals surface area contributed by atoms with Crippen LogP contribution in [-0.4, -0.2) is 47.5 Å². The molecular formula is C19H23NO5S2. The van der Waals surface area contributed by atoms with Crippen molar-refractivity contribution in [3.05, 3.63) is 28.7 Å². The summed E-state index contributed by atoms with van der Waals surface area (Å²) in [7, 11) is 1.31. The van der Waals surface area contributed by atoms with Gasteiger partial charge in [-0.3, -0.25) is 14.5 Å². The van der Waals surface area contributed by atoms with E-state index < -0.39 is 0 Å². The molecule has 0 aromatic heterocycles. The summed E-state index contributed by atoms with van der Waals surface area (Å²) in [4.78, 5) is 25.8. The van der Waals surface area contributed by atoms with Crippen LogP contribution in [0.5, 0.6) is 11.5 Å². The van der Waals surface area contributed by atoms with Gasteiger partial charge in [0.15, 0.2) is 11.5 Å². The van der Waals surface area contributed by atoms with Gasteiger partial charge in [0.2, 0.25) is 0 Å². The van der Waals surface area contributed by atoms with E-state index in [0.717, 1.165) is 5.56 Å². The fourth-order valence-corrected chi connectivity index (χ4v) is 3.69. The molecule has 1 aliphatic heterocycles. The molecule has 0 radical (unpaired) electrons. The molecule has 0 bridgehead atoms. The number of ether oxygens (including phenoxy) is 3. The van der Waals surface area contributed by atoms with Gasteiger partial charge in [-0.1, -0.05) is 30.0 Å². The average Bonchev–Trinajstić information content (AvgIpc) is 2.88. The smallest absolute Gasteiger partial charge is 0.307 e. The first-order chi connectivity index (χ1) is 12.8. The van der Waals surface area contributed by atoms with E-state index in [1.54, 1.807) is 6.08 Å². The van der Waals surface area contributed by atoms with Crippen molar-refractivity contribution in [1.82, 2.24) is 4.90 Å². The third-order valence-corrected chi connectivity index (χ3v) is 4.95. The summed E-state index contributed by atoms with van der Waals surface area (Å²) in [6.07, 6.45) is 1.89. The molecule has 0 spiro atoms. The quantitative estimate of drug-likeness (QED) is 0.369. The number of hydrogen-bond donors (Lipinski definition) is 0. The van der Waals surface area contributed by atoms with E-state index in [4.69, 9.17) is 21.7 Å². The molecule has 8 heteroatoms. The molecule has 0 atom stereocenters. The molecular weight excluding hydrogens is 386 g/mol. The van der Waals surface area contributed by atoms with Crippen molar-refractivity contribution >= 4 is 46.3 Å². The minimum absolute atomic E-state index is 0.0288. The molecule has 1 fully saturated rings. The summed E-state index contributed by atoms with van der Waals surface area (Å²) in [6, 6.07) is 5.53. The van der Waals surface area contributed by atoms with Crippen molar-refractivity contribution in [3.8, 4) is 11.5 Å². The highest BCUT2D eigenvalue weighted by atomic mass is 32.2. The van der Waals surface area contributed by atoms with Gasteiger partial charge in [-0.05, 0) is 44.5 Å². The number of amides is 1. The molecule has 1 aromatic carbocycles. The number of rotatable bonds is 8. The third-order valence-electron chi connectivity index (χ3n) is 3.57. The Kier molecular flexibility index (Phi) is 7.67. The number of benzene rings is 1. The van der Waals surface area contributed by atoms with Crippen LogP contribution in [0.15, 0.2) is 23.1 Å². The molecule has 0 unspecified atom stereocenters. The first-order valence-electron chi connectivity index (χ1n) is 8.61. The van der Waals surface area contributed by atoms with Crippen LogP contribution < -0.4 is 9.47 Å². The van der Waals surface area contributed by atoms with Crippen LogP contribution in [-0.2, 0) is 14.3 Å². The standard InChI is InChI=1S/C19H23NO5S2/c1-5-24-15-10-13(6-7-14(15)25-12(2)3)11-16-18(22)20(19(26)27-16)9-8-17(21)23-4/h6-7,10-12H,5,8-9H2,1-4H3/b16-11-. The maximum atomic E-state index is 12.6. The number of nitrogens with zero attached hydrogens (tertiary/aromatic N) is 1. The largest absolute Gasteiger partial charge is 0.490 e. The second-order valence-corrected chi connectivity index (χ2v) is 7.64. The lowest BCUT2D eigenvalue weighted by Gasteiger charge is -2.15. The van der Waals surface area contributed by atoms with Crippen molar-refractivity contribution in [2.75, 3.05) is 20.3 Å². The molecule has 0 aliphatic carbocycles. The van der Waals surface area contributed by atoms with Gasteiger partial charge in [0, 0.05) is 6.54 Å². The van der Waals surface area contributed by atoms with Crippen molar-refractivity contribution < 1.29 is 23.8 Å². The number of hydrogen-bond acceptors (Lipinski definition) is 7. The van der Waals surface area contributed by atoms with Crippen LogP contribution in [0.3, 0.4) is 0 Å². The Balaban J connectivity index is 2.20. The van der Waals surface area contributed by atoms with Gasteiger partial charge in [-0.2, -0.15) is 0 Å². The molecule has 0 N–H and O–H groups in total. The molecule has 1 saturated heterocycles. The Labute approximate surface area is 168 Å². The second-order valence-electron chi connectivity index (χ2n) is 5.97. The van der Waals surface area contributed by atoms with Gasteiger partial charge in [-0.25, -0.2) is 0 Å². The molecule has 146 valence electrons. The number of carbonyl (C=O) groups excluding carboxylic acids is 2. The Morgan fingerprint density at radius 3 is 2.70 bits per heavy atom. The summed E-state index contributed by atoms with van der Waals surface area (Å²) < 4.78 is 16.4. The minimum atomic E-state index is -0.380. The summed E-state index contributed by atoms with van der Waals surface area (Å²) in [5.74, 6) is 0.695. The molecule has 6 nitrogen and oxygen atoms in total. The lowest BCUT2D eigenvalue weighted by atomic mass is 10.1. The Morgan fingerprint density at radius 2 is 2.07 bits per heavy atom. The number of thioether (sulfide) groups is 1. The Morgan fingerprint density at radius 1 is 1.33 bits per heavy atom. The third kappa shape index (κ3) is 5.71. The number of carbonyl (C=O) groups is 2. The summed E-state index contributed by atoms with van der Waals surface area (Å²) in [6.45, 7) is 6.51. The van der Waals surface area contributed by atoms with Gasteiger partial charge < -0.3 is 14.2 Å². The van der Waals surface area contributed by atoms with E-state index in [1.807, 2.05) is 39.0 Å². The maximum absolute atomic E-state index is 12.6. The fourth-order valence-electron chi connectivity index (χ4n) is 2.38. The second kappa shape index (κ2) is 9.75. The van der Waals surface area contributed by atoms with Crippen LogP contribution in [0, 0.1) is 0 Å². The molecule has 0 saturated carbocycles. The molecule has 1 aromatic rings. The molecule has 27 heavy (non-hydrogen) atoms. The highest BCUT2D eigenvalue weighted by Gasteiger charge is 2.32. The first kappa shape index (κ1) is 21.2. The predicted molar refractivity (Wildman–Crippen MR) is 110 cm³/mol. The van der Waals surface area contributed by atoms with Crippen molar-refractivity contribution in [2.45, 2.75) is 33.3 Å². The van der Waals surface area contributed by atoms with Gasteiger partial charge in [0.25, 0.3) is 5.91 Å². The van der Waals surface area contributed by atoms with Crippen LogP contribution in [0.2, 0.25) is 0 Å². The van der Waals surface area contributed by atoms with E-state index in [1.165, 1.54) is 23.8 Å². The number of thiocarbonyl (C=S) groups is 1. The Bertz CT molecular complexity index is 760. The minimum Gasteiger partial charge on any atom is -0.490 e. The van der Waals surface area contributed by atoms with Crippen molar-refractivity contribution in [3.63, 3.8) is 0 Å². The number of methoxy groups -OCH3 is 1. The lowest BCUT2D eigenvalue weighted by Crippen LogP contribution is -2.30. The van der Waals surface area contributed by atoms with E-state index in [2.05, 4.69) is 4.74 Å². The highest BCUT2D eigenvalue weighted by molar-refractivity contribution is 8.26. The normalized spacial score (nSPS) is 15.6. The van der Waals surface area contributed by atoms with Crippen LogP contribution >= 0.6 is 24.0 Å². The molecule has 2 rings (SSSR count). The fraction of sp³-hybridized carbons (Fsp3) is 0.421. The highest BCUT2D eigenvalue weighted by Crippen LogP contribution is 2.35. The zero-order valence-electron chi connectivity index (χ0n) is 15.8. The topological polar surface area (TPSA) is 65.1 Å². The molecule has 1 amide bonds. The van der Waals surface area contributed by atoms with Crippen molar-refractivity contribution in [2.24, 2.45) is 0 Å². The zero-order valence-corrected chi connectivity index (χ0v) is 17.4. The molecule has 1 aliphatic rings. The Hall–Kier alpha value is -2.06. The SMILES string of the molecule is CCOc1cc(/C=C2\SC(=S)N(CCC(=O)OC)C2=O)ccc1OC(C)C. The van der Waals surface area contributed by atoms with Crippen LogP contribution in [0.25, 0.3) is 6.08 Å². The first-order valence-corrected chi connectivity index (χ1v) is 9.83. The lowest BCUT2D eigenvalue weighted by molar-refractivity contribution is -0.140. The zero-order chi connectivity index (χ0) is 20.0. The van der Waals surface area contributed by atoms with E-state index in [9.17, 15) is 9.59 Å². The van der Waals surface area contributed by atoms with Gasteiger partial charge in [0.05, 0.1) is 31.1 Å². The predicted octanol–water partition coefficient (Wildman–Crippen LogP) is 3.64.